The molecule has 0 saturated carbocycles. The van der Waals surface area contributed by atoms with E-state index in [4.69, 9.17) is 9.84 Å². The van der Waals surface area contributed by atoms with Crippen LogP contribution in [-0.2, 0) is 9.53 Å². The van der Waals surface area contributed by atoms with Gasteiger partial charge in [0, 0.05) is 31.7 Å². The average molecular weight is 229 g/mol. The Kier molecular flexibility index (Phi) is 5.77. The molecule has 16 heavy (non-hydrogen) atoms. The SMILES string of the molecule is CC(C)N(CCCC(=O)O)C1CCOCC1. The fourth-order valence-electron chi connectivity index (χ4n) is 2.29. The summed E-state index contributed by atoms with van der Waals surface area (Å²) in [6.45, 7) is 6.92. The first-order valence-corrected chi connectivity index (χ1v) is 6.16. The highest BCUT2D eigenvalue weighted by Gasteiger charge is 2.23. The van der Waals surface area contributed by atoms with Crippen molar-refractivity contribution >= 4 is 5.97 Å². The molecule has 0 aromatic heterocycles. The first-order valence-electron chi connectivity index (χ1n) is 6.16. The molecule has 0 aromatic rings. The van der Waals surface area contributed by atoms with E-state index in [9.17, 15) is 4.79 Å². The van der Waals surface area contributed by atoms with E-state index in [1.807, 2.05) is 0 Å². The lowest BCUT2D eigenvalue weighted by Gasteiger charge is -2.37. The van der Waals surface area contributed by atoms with Gasteiger partial charge in [0.1, 0.15) is 0 Å². The van der Waals surface area contributed by atoms with Gasteiger partial charge in [-0.05, 0) is 39.7 Å². The molecule has 0 aliphatic carbocycles. The van der Waals surface area contributed by atoms with Gasteiger partial charge in [0.2, 0.25) is 0 Å². The third-order valence-corrected chi connectivity index (χ3v) is 3.13. The summed E-state index contributed by atoms with van der Waals surface area (Å²) in [4.78, 5) is 12.9. The standard InChI is InChI=1S/C12H23NO3/c1-10(2)13(7-3-4-12(14)15)11-5-8-16-9-6-11/h10-11H,3-9H2,1-2H3,(H,14,15). The smallest absolute Gasteiger partial charge is 0.303 e. The Labute approximate surface area is 97.6 Å². The minimum Gasteiger partial charge on any atom is -0.481 e. The van der Waals surface area contributed by atoms with Gasteiger partial charge in [0.15, 0.2) is 0 Å². The fraction of sp³-hybridized carbons (Fsp3) is 0.917. The topological polar surface area (TPSA) is 49.8 Å². The van der Waals surface area contributed by atoms with E-state index in [0.29, 0.717) is 12.1 Å². The molecule has 94 valence electrons. The molecule has 4 nitrogen and oxygen atoms in total. The van der Waals surface area contributed by atoms with Crippen molar-refractivity contribution in [2.24, 2.45) is 0 Å². The summed E-state index contributed by atoms with van der Waals surface area (Å²) in [5, 5.41) is 8.64. The molecule has 1 aliphatic heterocycles. The van der Waals surface area contributed by atoms with Crippen LogP contribution >= 0.6 is 0 Å². The summed E-state index contributed by atoms with van der Waals surface area (Å²) in [7, 11) is 0. The molecule has 1 N–H and O–H groups in total. The number of aliphatic carboxylic acids is 1. The second-order valence-corrected chi connectivity index (χ2v) is 4.67. The first kappa shape index (κ1) is 13.5. The highest BCUT2D eigenvalue weighted by atomic mass is 16.5. The molecule has 0 atom stereocenters. The minimum absolute atomic E-state index is 0.270. The molecule has 1 saturated heterocycles. The third-order valence-electron chi connectivity index (χ3n) is 3.13. The average Bonchev–Trinajstić information content (AvgIpc) is 2.25. The molecule has 1 heterocycles. The Bertz CT molecular complexity index is 212. The van der Waals surface area contributed by atoms with Crippen molar-refractivity contribution in [1.82, 2.24) is 4.90 Å². The van der Waals surface area contributed by atoms with E-state index in [2.05, 4.69) is 18.7 Å². The van der Waals surface area contributed by atoms with Crippen molar-refractivity contribution < 1.29 is 14.6 Å². The maximum atomic E-state index is 10.5. The number of carboxylic acid groups (broad SMARTS) is 1. The Balaban J connectivity index is 2.36. The zero-order valence-electron chi connectivity index (χ0n) is 10.3. The number of hydrogen-bond donors (Lipinski definition) is 1. The van der Waals surface area contributed by atoms with Crippen molar-refractivity contribution in [3.05, 3.63) is 0 Å². The number of carbonyl (C=O) groups is 1. The van der Waals surface area contributed by atoms with Crippen molar-refractivity contribution in [3.63, 3.8) is 0 Å². The zero-order chi connectivity index (χ0) is 12.0. The Hall–Kier alpha value is -0.610. The van der Waals surface area contributed by atoms with Gasteiger partial charge in [-0.25, -0.2) is 0 Å². The number of rotatable bonds is 6. The molecule has 1 fully saturated rings. The van der Waals surface area contributed by atoms with E-state index in [1.54, 1.807) is 0 Å². The maximum Gasteiger partial charge on any atom is 0.303 e. The molecule has 1 rings (SSSR count). The monoisotopic (exact) mass is 229 g/mol. The number of carboxylic acids is 1. The molecule has 0 unspecified atom stereocenters. The second kappa shape index (κ2) is 6.86. The summed E-state index contributed by atoms with van der Waals surface area (Å²) >= 11 is 0. The van der Waals surface area contributed by atoms with Crippen molar-refractivity contribution in [3.8, 4) is 0 Å². The predicted octanol–water partition coefficient (Wildman–Crippen LogP) is 1.74. The molecule has 0 amide bonds. The summed E-state index contributed by atoms with van der Waals surface area (Å²) < 4.78 is 5.35. The van der Waals surface area contributed by atoms with E-state index in [1.165, 1.54) is 0 Å². The zero-order valence-corrected chi connectivity index (χ0v) is 10.3. The van der Waals surface area contributed by atoms with E-state index in [-0.39, 0.29) is 6.42 Å². The maximum absolute atomic E-state index is 10.5. The Morgan fingerprint density at radius 1 is 1.44 bits per heavy atom. The van der Waals surface area contributed by atoms with Gasteiger partial charge in [-0.1, -0.05) is 0 Å². The van der Waals surface area contributed by atoms with Crippen molar-refractivity contribution in [1.29, 1.82) is 0 Å². The molecule has 4 heteroatoms. The number of hydrogen-bond acceptors (Lipinski definition) is 3. The van der Waals surface area contributed by atoms with Crippen molar-refractivity contribution in [2.45, 2.75) is 51.6 Å². The third kappa shape index (κ3) is 4.49. The number of nitrogens with zero attached hydrogens (tertiary/aromatic N) is 1. The number of ether oxygens (including phenoxy) is 1. The minimum atomic E-state index is -0.698. The van der Waals surface area contributed by atoms with Crippen LogP contribution in [0.25, 0.3) is 0 Å². The largest absolute Gasteiger partial charge is 0.481 e. The predicted molar refractivity (Wildman–Crippen MR) is 62.6 cm³/mol. The van der Waals surface area contributed by atoms with Crippen LogP contribution in [0.4, 0.5) is 0 Å². The van der Waals surface area contributed by atoms with Crippen molar-refractivity contribution in [2.75, 3.05) is 19.8 Å². The summed E-state index contributed by atoms with van der Waals surface area (Å²) in [5.74, 6) is -0.698. The van der Waals surface area contributed by atoms with Crippen LogP contribution in [0.1, 0.15) is 39.5 Å². The molecule has 0 bridgehead atoms. The van der Waals surface area contributed by atoms with Crippen LogP contribution in [0.15, 0.2) is 0 Å². The molecule has 1 aliphatic rings. The van der Waals surface area contributed by atoms with Gasteiger partial charge in [0.05, 0.1) is 0 Å². The lowest BCUT2D eigenvalue weighted by atomic mass is 10.0. The quantitative estimate of drug-likeness (QED) is 0.753. The molecule has 0 aromatic carbocycles. The van der Waals surface area contributed by atoms with Crippen LogP contribution in [0.3, 0.4) is 0 Å². The van der Waals surface area contributed by atoms with E-state index in [0.717, 1.165) is 39.0 Å². The molecule has 0 radical (unpaired) electrons. The van der Waals surface area contributed by atoms with Gasteiger partial charge < -0.3 is 9.84 Å². The lowest BCUT2D eigenvalue weighted by Crippen LogP contribution is -2.44. The van der Waals surface area contributed by atoms with Gasteiger partial charge in [0.25, 0.3) is 0 Å². The van der Waals surface area contributed by atoms with Crippen LogP contribution in [-0.4, -0.2) is 47.8 Å². The van der Waals surface area contributed by atoms with Gasteiger partial charge >= 0.3 is 5.97 Å². The lowest BCUT2D eigenvalue weighted by molar-refractivity contribution is -0.137. The summed E-state index contributed by atoms with van der Waals surface area (Å²) in [5.41, 5.74) is 0. The Morgan fingerprint density at radius 3 is 2.56 bits per heavy atom. The first-order chi connectivity index (χ1) is 7.61. The van der Waals surface area contributed by atoms with Gasteiger partial charge in [-0.2, -0.15) is 0 Å². The van der Waals surface area contributed by atoms with Crippen LogP contribution < -0.4 is 0 Å². The molecule has 0 spiro atoms. The highest BCUT2D eigenvalue weighted by Crippen LogP contribution is 2.17. The molecular weight excluding hydrogens is 206 g/mol. The van der Waals surface area contributed by atoms with Crippen LogP contribution in [0.5, 0.6) is 0 Å². The van der Waals surface area contributed by atoms with E-state index < -0.39 is 5.97 Å². The second-order valence-electron chi connectivity index (χ2n) is 4.67. The summed E-state index contributed by atoms with van der Waals surface area (Å²) in [6, 6.07) is 1.06. The Morgan fingerprint density at radius 2 is 2.06 bits per heavy atom. The summed E-state index contributed by atoms with van der Waals surface area (Å²) in [6.07, 6.45) is 3.16. The van der Waals surface area contributed by atoms with Gasteiger partial charge in [-0.15, -0.1) is 0 Å². The molecular formula is C12H23NO3. The van der Waals surface area contributed by atoms with Crippen LogP contribution in [0, 0.1) is 0 Å². The van der Waals surface area contributed by atoms with E-state index >= 15 is 0 Å². The van der Waals surface area contributed by atoms with Crippen LogP contribution in [0.2, 0.25) is 0 Å². The highest BCUT2D eigenvalue weighted by molar-refractivity contribution is 5.66. The fourth-order valence-corrected chi connectivity index (χ4v) is 2.29. The normalized spacial score (nSPS) is 18.2. The van der Waals surface area contributed by atoms with Gasteiger partial charge in [-0.3, -0.25) is 9.69 Å².